The molecule has 0 radical (unpaired) electrons. The van der Waals surface area contributed by atoms with Gasteiger partial charge in [0.25, 0.3) is 0 Å². The fourth-order valence-corrected chi connectivity index (χ4v) is 3.11. The van der Waals surface area contributed by atoms with Crippen molar-refractivity contribution in [3.63, 3.8) is 0 Å². The Kier molecular flexibility index (Phi) is 5.24. The Morgan fingerprint density at radius 1 is 1.24 bits per heavy atom. The SMILES string of the molecule is CCOC(=O)C(=O)NCc1ccc(C(=O)c2ccsc2)s1. The largest absolute Gasteiger partial charge is 0.459 e. The van der Waals surface area contributed by atoms with Gasteiger partial charge in [0.05, 0.1) is 18.0 Å². The summed E-state index contributed by atoms with van der Waals surface area (Å²) in [6, 6.07) is 5.25. The normalized spacial score (nSPS) is 10.1. The molecule has 1 amide bonds. The van der Waals surface area contributed by atoms with Crippen molar-refractivity contribution in [2.24, 2.45) is 0 Å². The molecule has 2 rings (SSSR count). The molecule has 2 aromatic rings. The second kappa shape index (κ2) is 7.14. The van der Waals surface area contributed by atoms with E-state index >= 15 is 0 Å². The molecule has 1 N–H and O–H groups in total. The second-order valence-corrected chi connectivity index (χ2v) is 5.96. The number of esters is 1. The lowest BCUT2D eigenvalue weighted by Gasteiger charge is -2.02. The van der Waals surface area contributed by atoms with Gasteiger partial charge in [0.15, 0.2) is 0 Å². The van der Waals surface area contributed by atoms with Gasteiger partial charge >= 0.3 is 11.9 Å². The van der Waals surface area contributed by atoms with Crippen molar-refractivity contribution in [2.75, 3.05) is 6.61 Å². The van der Waals surface area contributed by atoms with Gasteiger partial charge in [-0.2, -0.15) is 11.3 Å². The molecule has 0 bridgehead atoms. The molecule has 0 aliphatic carbocycles. The minimum absolute atomic E-state index is 0.0378. The highest BCUT2D eigenvalue weighted by Crippen LogP contribution is 2.21. The molecule has 21 heavy (non-hydrogen) atoms. The number of carbonyl (C=O) groups is 3. The number of amides is 1. The predicted molar refractivity (Wildman–Crippen MR) is 80.6 cm³/mol. The highest BCUT2D eigenvalue weighted by molar-refractivity contribution is 7.14. The highest BCUT2D eigenvalue weighted by atomic mass is 32.1. The number of thiophene rings is 2. The van der Waals surface area contributed by atoms with E-state index in [1.54, 1.807) is 30.5 Å². The van der Waals surface area contributed by atoms with Crippen LogP contribution in [0.4, 0.5) is 0 Å². The monoisotopic (exact) mass is 323 g/mol. The van der Waals surface area contributed by atoms with E-state index in [1.807, 2.05) is 5.38 Å². The van der Waals surface area contributed by atoms with Crippen molar-refractivity contribution in [2.45, 2.75) is 13.5 Å². The summed E-state index contributed by atoms with van der Waals surface area (Å²) >= 11 is 2.76. The first-order chi connectivity index (χ1) is 10.1. The Morgan fingerprint density at radius 2 is 2.05 bits per heavy atom. The number of ketones is 1. The zero-order valence-corrected chi connectivity index (χ0v) is 12.9. The summed E-state index contributed by atoms with van der Waals surface area (Å²) in [6.45, 7) is 1.98. The predicted octanol–water partition coefficient (Wildman–Crippen LogP) is 2.22. The van der Waals surface area contributed by atoms with Gasteiger partial charge in [0.2, 0.25) is 5.78 Å². The maximum Gasteiger partial charge on any atom is 0.396 e. The Morgan fingerprint density at radius 3 is 2.71 bits per heavy atom. The van der Waals surface area contributed by atoms with Crippen LogP contribution in [0.1, 0.15) is 27.0 Å². The first kappa shape index (κ1) is 15.4. The van der Waals surface area contributed by atoms with Crippen LogP contribution in [0, 0.1) is 0 Å². The summed E-state index contributed by atoms with van der Waals surface area (Å²) in [5, 5.41) is 6.10. The number of ether oxygens (including phenoxy) is 1. The Balaban J connectivity index is 1.93. The maximum absolute atomic E-state index is 12.1. The molecule has 0 fully saturated rings. The third-order valence-electron chi connectivity index (χ3n) is 2.55. The van der Waals surface area contributed by atoms with Gasteiger partial charge in [0, 0.05) is 15.8 Å². The first-order valence-electron chi connectivity index (χ1n) is 6.22. The number of carbonyl (C=O) groups excluding carboxylic acids is 3. The molecule has 110 valence electrons. The van der Waals surface area contributed by atoms with E-state index in [1.165, 1.54) is 22.7 Å². The third-order valence-corrected chi connectivity index (χ3v) is 4.32. The van der Waals surface area contributed by atoms with E-state index in [0.717, 1.165) is 4.88 Å². The van der Waals surface area contributed by atoms with Crippen LogP contribution in [0.3, 0.4) is 0 Å². The van der Waals surface area contributed by atoms with Crippen LogP contribution in [0.15, 0.2) is 29.0 Å². The molecule has 0 aliphatic rings. The second-order valence-electron chi connectivity index (χ2n) is 4.01. The van der Waals surface area contributed by atoms with Crippen LogP contribution in [0.25, 0.3) is 0 Å². The lowest BCUT2D eigenvalue weighted by Crippen LogP contribution is -2.31. The average molecular weight is 323 g/mol. The molecular weight excluding hydrogens is 310 g/mol. The molecule has 0 atom stereocenters. The van der Waals surface area contributed by atoms with Crippen molar-refractivity contribution in [1.82, 2.24) is 5.32 Å². The summed E-state index contributed by atoms with van der Waals surface area (Å²) in [5.74, 6) is -1.72. The molecule has 2 heterocycles. The van der Waals surface area contributed by atoms with E-state index in [0.29, 0.717) is 10.4 Å². The van der Waals surface area contributed by atoms with Gasteiger partial charge in [-0.15, -0.1) is 11.3 Å². The Labute approximate surface area is 129 Å². The molecular formula is C14H13NO4S2. The molecule has 0 unspecified atom stereocenters. The standard InChI is InChI=1S/C14H13NO4S2/c1-2-19-14(18)13(17)15-7-10-3-4-11(21-10)12(16)9-5-6-20-8-9/h3-6,8H,2,7H2,1H3,(H,15,17). The van der Waals surface area contributed by atoms with Crippen molar-refractivity contribution in [1.29, 1.82) is 0 Å². The van der Waals surface area contributed by atoms with Crippen LogP contribution < -0.4 is 5.32 Å². The highest BCUT2D eigenvalue weighted by Gasteiger charge is 2.16. The van der Waals surface area contributed by atoms with Crippen molar-refractivity contribution < 1.29 is 19.1 Å². The van der Waals surface area contributed by atoms with Crippen LogP contribution in [0.5, 0.6) is 0 Å². The van der Waals surface area contributed by atoms with Crippen LogP contribution in [0.2, 0.25) is 0 Å². The lowest BCUT2D eigenvalue weighted by molar-refractivity contribution is -0.154. The summed E-state index contributed by atoms with van der Waals surface area (Å²) in [4.78, 5) is 36.0. The minimum Gasteiger partial charge on any atom is -0.459 e. The van der Waals surface area contributed by atoms with E-state index in [2.05, 4.69) is 10.1 Å². The van der Waals surface area contributed by atoms with Gasteiger partial charge in [-0.3, -0.25) is 9.59 Å². The average Bonchev–Trinajstić information content (AvgIpc) is 3.15. The maximum atomic E-state index is 12.1. The smallest absolute Gasteiger partial charge is 0.396 e. The van der Waals surface area contributed by atoms with Gasteiger partial charge in [-0.1, -0.05) is 0 Å². The summed E-state index contributed by atoms with van der Waals surface area (Å²) < 4.78 is 4.58. The summed E-state index contributed by atoms with van der Waals surface area (Å²) in [7, 11) is 0. The summed E-state index contributed by atoms with van der Waals surface area (Å²) in [6.07, 6.45) is 0. The Hall–Kier alpha value is -1.99. The van der Waals surface area contributed by atoms with Crippen LogP contribution in [-0.4, -0.2) is 24.3 Å². The van der Waals surface area contributed by atoms with Crippen LogP contribution >= 0.6 is 22.7 Å². The lowest BCUT2D eigenvalue weighted by atomic mass is 10.2. The molecule has 0 saturated heterocycles. The van der Waals surface area contributed by atoms with Crippen molar-refractivity contribution >= 4 is 40.3 Å². The Bertz CT molecular complexity index is 646. The van der Waals surface area contributed by atoms with Crippen LogP contribution in [-0.2, 0) is 20.9 Å². The molecule has 0 saturated carbocycles. The number of rotatable bonds is 5. The molecule has 5 nitrogen and oxygen atoms in total. The van der Waals surface area contributed by atoms with E-state index in [-0.39, 0.29) is 18.9 Å². The molecule has 0 aromatic carbocycles. The zero-order chi connectivity index (χ0) is 15.2. The third kappa shape index (κ3) is 3.99. The number of hydrogen-bond donors (Lipinski definition) is 1. The number of hydrogen-bond acceptors (Lipinski definition) is 6. The van der Waals surface area contributed by atoms with Crippen molar-refractivity contribution in [3.8, 4) is 0 Å². The minimum atomic E-state index is -0.899. The van der Waals surface area contributed by atoms with E-state index < -0.39 is 11.9 Å². The first-order valence-corrected chi connectivity index (χ1v) is 7.98. The van der Waals surface area contributed by atoms with Gasteiger partial charge < -0.3 is 10.1 Å². The fraction of sp³-hybridized carbons (Fsp3) is 0.214. The van der Waals surface area contributed by atoms with E-state index in [4.69, 9.17) is 0 Å². The van der Waals surface area contributed by atoms with Gasteiger partial charge in [-0.05, 0) is 30.5 Å². The fourth-order valence-electron chi connectivity index (χ4n) is 1.57. The van der Waals surface area contributed by atoms with Crippen molar-refractivity contribution in [3.05, 3.63) is 44.3 Å². The summed E-state index contributed by atoms with van der Waals surface area (Å²) in [5.41, 5.74) is 0.656. The zero-order valence-electron chi connectivity index (χ0n) is 11.3. The van der Waals surface area contributed by atoms with Gasteiger partial charge in [-0.25, -0.2) is 4.79 Å². The molecule has 7 heteroatoms. The van der Waals surface area contributed by atoms with Gasteiger partial charge in [0.1, 0.15) is 0 Å². The molecule has 0 aliphatic heterocycles. The topological polar surface area (TPSA) is 72.5 Å². The molecule has 0 spiro atoms. The number of nitrogens with one attached hydrogen (secondary N) is 1. The quantitative estimate of drug-likeness (QED) is 0.520. The molecule has 2 aromatic heterocycles. The van der Waals surface area contributed by atoms with E-state index in [9.17, 15) is 14.4 Å².